The van der Waals surface area contributed by atoms with Crippen molar-refractivity contribution in [1.82, 2.24) is 4.72 Å². The summed E-state index contributed by atoms with van der Waals surface area (Å²) in [4.78, 5) is 1.42. The predicted octanol–water partition coefficient (Wildman–Crippen LogP) is -0.0679. The molecular formula is C14H22ClN2O4S+. The first kappa shape index (κ1) is 17.5. The van der Waals surface area contributed by atoms with Crippen molar-refractivity contribution in [3.05, 3.63) is 23.2 Å². The Morgan fingerprint density at radius 2 is 2.09 bits per heavy atom. The minimum atomic E-state index is -3.64. The molecule has 1 saturated heterocycles. The van der Waals surface area contributed by atoms with Crippen LogP contribution in [0.15, 0.2) is 23.1 Å². The van der Waals surface area contributed by atoms with Gasteiger partial charge < -0.3 is 14.4 Å². The van der Waals surface area contributed by atoms with Crippen LogP contribution in [-0.2, 0) is 14.8 Å². The molecule has 0 saturated carbocycles. The van der Waals surface area contributed by atoms with E-state index >= 15 is 0 Å². The monoisotopic (exact) mass is 349 g/mol. The van der Waals surface area contributed by atoms with Crippen LogP contribution < -0.4 is 14.4 Å². The Labute approximate surface area is 136 Å². The lowest BCUT2D eigenvalue weighted by Gasteiger charge is -2.23. The quantitative estimate of drug-likeness (QED) is 0.723. The lowest BCUT2D eigenvalue weighted by molar-refractivity contribution is -0.906. The molecule has 0 aliphatic carbocycles. The Kier molecular flexibility index (Phi) is 6.46. The second-order valence-corrected chi connectivity index (χ2v) is 7.21. The van der Waals surface area contributed by atoms with Crippen molar-refractivity contribution < 1.29 is 22.8 Å². The van der Waals surface area contributed by atoms with Crippen LogP contribution >= 0.6 is 11.6 Å². The van der Waals surface area contributed by atoms with E-state index in [0.717, 1.165) is 32.8 Å². The predicted molar refractivity (Wildman–Crippen MR) is 84.2 cm³/mol. The average Bonchev–Trinajstić information content (AvgIpc) is 2.50. The molecule has 0 radical (unpaired) electrons. The molecule has 1 aliphatic heterocycles. The Balaban J connectivity index is 2.01. The Hall–Kier alpha value is -0.860. The molecule has 1 aliphatic rings. The molecule has 22 heavy (non-hydrogen) atoms. The summed E-state index contributed by atoms with van der Waals surface area (Å²) in [5.41, 5.74) is 0. The van der Waals surface area contributed by atoms with E-state index in [1.165, 1.54) is 11.0 Å². The summed E-state index contributed by atoms with van der Waals surface area (Å²) >= 11 is 5.91. The largest absolute Gasteiger partial charge is 0.492 e. The maximum absolute atomic E-state index is 12.4. The standard InChI is InChI=1S/C14H21ClN2O4S/c1-2-21-13-4-3-12(15)11-14(13)22(18,19)16-5-6-17-7-9-20-10-8-17/h3-4,11,16H,2,5-10H2,1H3/p+1. The molecule has 2 N–H and O–H groups in total. The van der Waals surface area contributed by atoms with Crippen LogP contribution in [0.1, 0.15) is 6.92 Å². The minimum Gasteiger partial charge on any atom is -0.492 e. The summed E-state index contributed by atoms with van der Waals surface area (Å²) < 4.78 is 38.2. The molecule has 0 aromatic heterocycles. The van der Waals surface area contributed by atoms with Gasteiger partial charge in [-0.25, -0.2) is 13.1 Å². The number of hydrogen-bond acceptors (Lipinski definition) is 4. The van der Waals surface area contributed by atoms with Crippen molar-refractivity contribution in [3.63, 3.8) is 0 Å². The Bertz CT molecular complexity index is 589. The highest BCUT2D eigenvalue weighted by molar-refractivity contribution is 7.89. The average molecular weight is 350 g/mol. The van der Waals surface area contributed by atoms with Crippen LogP contribution in [-0.4, -0.2) is 54.4 Å². The molecule has 0 spiro atoms. The van der Waals surface area contributed by atoms with E-state index in [-0.39, 0.29) is 4.90 Å². The van der Waals surface area contributed by atoms with E-state index < -0.39 is 10.0 Å². The van der Waals surface area contributed by atoms with Gasteiger partial charge in [0.2, 0.25) is 10.0 Å². The third kappa shape index (κ3) is 4.82. The number of sulfonamides is 1. The highest BCUT2D eigenvalue weighted by atomic mass is 35.5. The number of benzene rings is 1. The van der Waals surface area contributed by atoms with Gasteiger partial charge in [-0.05, 0) is 25.1 Å². The van der Waals surface area contributed by atoms with Crippen LogP contribution in [0.5, 0.6) is 5.75 Å². The van der Waals surface area contributed by atoms with Gasteiger partial charge in [-0.3, -0.25) is 0 Å². The Morgan fingerprint density at radius 1 is 1.36 bits per heavy atom. The molecule has 0 amide bonds. The van der Waals surface area contributed by atoms with E-state index in [1.807, 2.05) is 0 Å². The third-order valence-corrected chi connectivity index (χ3v) is 5.18. The summed E-state index contributed by atoms with van der Waals surface area (Å²) in [5, 5.41) is 0.364. The second-order valence-electron chi connectivity index (χ2n) is 5.03. The molecule has 6 nitrogen and oxygen atoms in total. The molecule has 0 atom stereocenters. The van der Waals surface area contributed by atoms with Gasteiger partial charge in [0.1, 0.15) is 23.7 Å². The van der Waals surface area contributed by atoms with Gasteiger partial charge in [0, 0.05) is 5.02 Å². The number of nitrogens with one attached hydrogen (secondary N) is 2. The van der Waals surface area contributed by atoms with Crippen LogP contribution in [0.3, 0.4) is 0 Å². The molecule has 124 valence electrons. The zero-order valence-electron chi connectivity index (χ0n) is 12.6. The van der Waals surface area contributed by atoms with E-state index in [0.29, 0.717) is 23.9 Å². The molecule has 1 fully saturated rings. The first-order valence-corrected chi connectivity index (χ1v) is 9.22. The van der Waals surface area contributed by atoms with Gasteiger partial charge >= 0.3 is 0 Å². The third-order valence-electron chi connectivity index (χ3n) is 3.47. The fourth-order valence-corrected chi connectivity index (χ4v) is 3.75. The maximum Gasteiger partial charge on any atom is 0.244 e. The van der Waals surface area contributed by atoms with E-state index in [4.69, 9.17) is 21.1 Å². The molecule has 0 bridgehead atoms. The van der Waals surface area contributed by atoms with Crippen molar-refractivity contribution in [2.24, 2.45) is 0 Å². The maximum atomic E-state index is 12.4. The first-order valence-electron chi connectivity index (χ1n) is 7.36. The summed E-state index contributed by atoms with van der Waals surface area (Å²) in [5.74, 6) is 0.318. The molecule has 1 aromatic carbocycles. The van der Waals surface area contributed by atoms with Gasteiger partial charge in [-0.15, -0.1) is 0 Å². The van der Waals surface area contributed by atoms with Crippen molar-refractivity contribution in [1.29, 1.82) is 0 Å². The smallest absolute Gasteiger partial charge is 0.244 e. The first-order chi connectivity index (χ1) is 10.5. The highest BCUT2D eigenvalue weighted by Crippen LogP contribution is 2.27. The highest BCUT2D eigenvalue weighted by Gasteiger charge is 2.21. The van der Waals surface area contributed by atoms with E-state index in [1.54, 1.807) is 19.1 Å². The lowest BCUT2D eigenvalue weighted by Crippen LogP contribution is -3.14. The molecule has 1 aromatic rings. The fraction of sp³-hybridized carbons (Fsp3) is 0.571. The van der Waals surface area contributed by atoms with Crippen molar-refractivity contribution >= 4 is 21.6 Å². The number of halogens is 1. The summed E-state index contributed by atoms with van der Waals surface area (Å²) in [6, 6.07) is 4.60. The van der Waals surface area contributed by atoms with Gasteiger partial charge in [-0.2, -0.15) is 0 Å². The van der Waals surface area contributed by atoms with Crippen LogP contribution in [0.25, 0.3) is 0 Å². The molecular weight excluding hydrogens is 328 g/mol. The number of ether oxygens (including phenoxy) is 2. The van der Waals surface area contributed by atoms with Gasteiger partial charge in [0.25, 0.3) is 0 Å². The van der Waals surface area contributed by atoms with Crippen LogP contribution in [0, 0.1) is 0 Å². The van der Waals surface area contributed by atoms with Crippen molar-refractivity contribution in [3.8, 4) is 5.75 Å². The molecule has 0 unspecified atom stereocenters. The number of morpholine rings is 1. The van der Waals surface area contributed by atoms with Crippen LogP contribution in [0.4, 0.5) is 0 Å². The lowest BCUT2D eigenvalue weighted by atomic mass is 10.3. The number of hydrogen-bond donors (Lipinski definition) is 2. The Morgan fingerprint density at radius 3 is 2.77 bits per heavy atom. The fourth-order valence-electron chi connectivity index (χ4n) is 2.32. The molecule has 8 heteroatoms. The normalized spacial score (nSPS) is 16.6. The summed E-state index contributed by atoms with van der Waals surface area (Å²) in [6.07, 6.45) is 0. The zero-order chi connectivity index (χ0) is 16.0. The summed E-state index contributed by atoms with van der Waals surface area (Å²) in [7, 11) is -3.64. The van der Waals surface area contributed by atoms with E-state index in [9.17, 15) is 8.42 Å². The minimum absolute atomic E-state index is 0.0822. The topological polar surface area (TPSA) is 69.1 Å². The SMILES string of the molecule is CCOc1ccc(Cl)cc1S(=O)(=O)NCC[NH+]1CCOCC1. The van der Waals surface area contributed by atoms with Gasteiger partial charge in [0.05, 0.1) is 32.9 Å². The molecule has 2 rings (SSSR count). The number of quaternary nitrogens is 1. The molecule has 1 heterocycles. The van der Waals surface area contributed by atoms with Gasteiger partial charge in [0.15, 0.2) is 0 Å². The second kappa shape index (κ2) is 8.12. The van der Waals surface area contributed by atoms with Gasteiger partial charge in [-0.1, -0.05) is 11.6 Å². The van der Waals surface area contributed by atoms with Crippen molar-refractivity contribution in [2.75, 3.05) is 46.0 Å². The van der Waals surface area contributed by atoms with E-state index in [2.05, 4.69) is 4.72 Å². The summed E-state index contributed by atoms with van der Waals surface area (Å²) in [6.45, 7) is 6.56. The van der Waals surface area contributed by atoms with Crippen molar-refractivity contribution in [2.45, 2.75) is 11.8 Å². The zero-order valence-corrected chi connectivity index (χ0v) is 14.2. The number of rotatable bonds is 7. The van der Waals surface area contributed by atoms with Crippen LogP contribution in [0.2, 0.25) is 5.02 Å².